The number of aromatic nitrogens is 2. The number of rotatable bonds is 3. The van der Waals surface area contributed by atoms with Crippen molar-refractivity contribution in [1.29, 1.82) is 0 Å². The van der Waals surface area contributed by atoms with Gasteiger partial charge in [-0.1, -0.05) is 29.3 Å². The van der Waals surface area contributed by atoms with Crippen LogP contribution in [0.3, 0.4) is 0 Å². The summed E-state index contributed by atoms with van der Waals surface area (Å²) in [5.74, 6) is -1.91. The molecule has 1 aromatic heterocycles. The zero-order valence-corrected chi connectivity index (χ0v) is 14.2. The predicted octanol–water partition coefficient (Wildman–Crippen LogP) is 4.10. The van der Waals surface area contributed by atoms with Gasteiger partial charge in [0.15, 0.2) is 11.6 Å². The Bertz CT molecular complexity index is 1030. The largest absolute Gasteiger partial charge is 0.337 e. The van der Waals surface area contributed by atoms with Crippen molar-refractivity contribution >= 4 is 40.4 Å². The van der Waals surface area contributed by atoms with Gasteiger partial charge in [-0.25, -0.2) is 18.6 Å². The third-order valence-corrected chi connectivity index (χ3v) is 4.67. The van der Waals surface area contributed by atoms with E-state index in [2.05, 4.69) is 9.37 Å². The fourth-order valence-corrected chi connectivity index (χ4v) is 2.98. The van der Waals surface area contributed by atoms with Gasteiger partial charge in [0.1, 0.15) is 0 Å². The highest BCUT2D eigenvalue weighted by molar-refractivity contribution is 7.02. The highest BCUT2D eigenvalue weighted by atomic mass is 35.5. The molecule has 0 aliphatic rings. The van der Waals surface area contributed by atoms with E-state index in [1.807, 2.05) is 0 Å². The summed E-state index contributed by atoms with van der Waals surface area (Å²) in [4.78, 5) is 16.7. The van der Waals surface area contributed by atoms with E-state index in [0.29, 0.717) is 26.1 Å². The van der Waals surface area contributed by atoms with Gasteiger partial charge in [-0.2, -0.15) is 0 Å². The third-order valence-electron chi connectivity index (χ3n) is 3.16. The Hall–Kier alpha value is -1.96. The van der Waals surface area contributed by atoms with Gasteiger partial charge in [-0.15, -0.1) is 0 Å². The molecule has 0 aliphatic carbocycles. The number of nitrogens with one attached hydrogen (secondary N) is 1. The van der Waals surface area contributed by atoms with Gasteiger partial charge in [-0.05, 0) is 47.4 Å². The third kappa shape index (κ3) is 3.58. The Morgan fingerprint density at radius 3 is 2.58 bits per heavy atom. The average molecular weight is 388 g/mol. The van der Waals surface area contributed by atoms with E-state index in [4.69, 9.17) is 23.2 Å². The molecule has 2 aromatic carbocycles. The van der Waals surface area contributed by atoms with Crippen LogP contribution < -0.4 is 10.5 Å². The lowest BCUT2D eigenvalue weighted by molar-refractivity contribution is 0.506. The topological polar surface area (TPSA) is 50.1 Å². The van der Waals surface area contributed by atoms with Crippen LogP contribution in [-0.2, 0) is 6.54 Å². The van der Waals surface area contributed by atoms with Crippen LogP contribution in [0.25, 0.3) is 0 Å². The fourth-order valence-electron chi connectivity index (χ4n) is 1.99. The summed E-state index contributed by atoms with van der Waals surface area (Å²) >= 11 is 12.8. The molecule has 3 aromatic rings. The molecule has 0 radical (unpaired) electrons. The standard InChI is InChI=1S/C15H9Cl2F2N3OS/c16-10-3-2-9(6-11(10)17)20-15-22(14(23)21-24-15)7-8-1-4-12(18)13(19)5-8/h1-6H,7H2,(H,21,23). The summed E-state index contributed by atoms with van der Waals surface area (Å²) in [5.41, 5.74) is 0.551. The van der Waals surface area contributed by atoms with E-state index in [1.54, 1.807) is 18.2 Å². The van der Waals surface area contributed by atoms with Crippen LogP contribution in [0.2, 0.25) is 10.0 Å². The van der Waals surface area contributed by atoms with Crippen LogP contribution in [-0.4, -0.2) is 8.94 Å². The number of aromatic amines is 1. The second kappa shape index (κ2) is 6.88. The molecule has 0 saturated carbocycles. The molecule has 0 aliphatic heterocycles. The SMILES string of the molecule is O=c1[nH]sc(=Nc2ccc(Cl)c(Cl)c2)n1Cc1ccc(F)c(F)c1. The van der Waals surface area contributed by atoms with E-state index in [1.165, 1.54) is 10.6 Å². The molecule has 1 N–H and O–H groups in total. The van der Waals surface area contributed by atoms with Gasteiger partial charge in [0.2, 0.25) is 4.80 Å². The molecule has 0 bridgehead atoms. The smallest absolute Gasteiger partial charge is 0.263 e. The maximum atomic E-state index is 13.3. The maximum Gasteiger partial charge on any atom is 0.337 e. The van der Waals surface area contributed by atoms with Crippen molar-refractivity contribution < 1.29 is 8.78 Å². The van der Waals surface area contributed by atoms with Crippen molar-refractivity contribution in [2.45, 2.75) is 6.54 Å². The maximum absolute atomic E-state index is 13.3. The van der Waals surface area contributed by atoms with E-state index < -0.39 is 17.3 Å². The lowest BCUT2D eigenvalue weighted by Crippen LogP contribution is -2.27. The second-order valence-electron chi connectivity index (χ2n) is 4.84. The van der Waals surface area contributed by atoms with Crippen LogP contribution in [0.1, 0.15) is 5.56 Å². The number of hydrogen-bond donors (Lipinski definition) is 1. The van der Waals surface area contributed by atoms with E-state index in [9.17, 15) is 13.6 Å². The minimum atomic E-state index is -0.970. The number of H-pyrrole nitrogens is 1. The van der Waals surface area contributed by atoms with E-state index >= 15 is 0 Å². The molecule has 0 saturated heterocycles. The van der Waals surface area contributed by atoms with E-state index in [-0.39, 0.29) is 6.54 Å². The zero-order chi connectivity index (χ0) is 17.3. The first-order chi connectivity index (χ1) is 11.4. The Morgan fingerprint density at radius 2 is 1.88 bits per heavy atom. The van der Waals surface area contributed by atoms with Gasteiger partial charge >= 0.3 is 5.69 Å². The molecule has 0 atom stereocenters. The molecule has 0 unspecified atom stereocenters. The van der Waals surface area contributed by atoms with Crippen molar-refractivity contribution in [1.82, 2.24) is 8.94 Å². The Balaban J connectivity index is 2.02. The van der Waals surface area contributed by atoms with Crippen LogP contribution in [0.4, 0.5) is 14.5 Å². The van der Waals surface area contributed by atoms with Crippen molar-refractivity contribution in [2.75, 3.05) is 0 Å². The van der Waals surface area contributed by atoms with Crippen LogP contribution >= 0.6 is 34.7 Å². The lowest BCUT2D eigenvalue weighted by Gasteiger charge is -2.03. The molecule has 3 rings (SSSR count). The minimum absolute atomic E-state index is 0.0518. The molecule has 0 amide bonds. The molecule has 0 fully saturated rings. The molecule has 9 heteroatoms. The first-order valence-corrected chi connectivity index (χ1v) is 8.23. The van der Waals surface area contributed by atoms with Crippen LogP contribution in [0.15, 0.2) is 46.2 Å². The Kier molecular flexibility index (Phi) is 4.84. The van der Waals surface area contributed by atoms with Gasteiger partial charge in [0.25, 0.3) is 0 Å². The quantitative estimate of drug-likeness (QED) is 0.722. The first-order valence-electron chi connectivity index (χ1n) is 6.66. The molecular formula is C15H9Cl2F2N3OS. The van der Waals surface area contributed by atoms with Crippen molar-refractivity contribution in [3.8, 4) is 0 Å². The van der Waals surface area contributed by atoms with Gasteiger partial charge < -0.3 is 0 Å². The molecule has 1 heterocycles. The monoisotopic (exact) mass is 387 g/mol. The molecule has 124 valence electrons. The Morgan fingerprint density at radius 1 is 1.08 bits per heavy atom. The zero-order valence-electron chi connectivity index (χ0n) is 11.9. The molecule has 24 heavy (non-hydrogen) atoms. The molecule has 0 spiro atoms. The molecule has 4 nitrogen and oxygen atoms in total. The fraction of sp³-hybridized carbons (Fsp3) is 0.0667. The summed E-state index contributed by atoms with van der Waals surface area (Å²) < 4.78 is 30.2. The summed E-state index contributed by atoms with van der Waals surface area (Å²) in [6, 6.07) is 8.28. The van der Waals surface area contributed by atoms with Crippen LogP contribution in [0.5, 0.6) is 0 Å². The minimum Gasteiger partial charge on any atom is -0.263 e. The van der Waals surface area contributed by atoms with Gasteiger partial charge in [-0.3, -0.25) is 8.94 Å². The number of halogens is 4. The van der Waals surface area contributed by atoms with Crippen molar-refractivity contribution in [3.63, 3.8) is 0 Å². The average Bonchev–Trinajstić information content (AvgIpc) is 2.87. The Labute approximate surface area is 148 Å². The predicted molar refractivity (Wildman–Crippen MR) is 90.1 cm³/mol. The summed E-state index contributed by atoms with van der Waals surface area (Å²) in [7, 11) is 0. The summed E-state index contributed by atoms with van der Waals surface area (Å²) in [5, 5.41) is 0.737. The highest BCUT2D eigenvalue weighted by Crippen LogP contribution is 2.26. The number of nitrogens with zero attached hydrogens (tertiary/aromatic N) is 2. The van der Waals surface area contributed by atoms with Gasteiger partial charge in [0, 0.05) is 0 Å². The van der Waals surface area contributed by atoms with Gasteiger partial charge in [0.05, 0.1) is 22.3 Å². The normalized spacial score (nSPS) is 11.9. The first kappa shape index (κ1) is 16.9. The van der Waals surface area contributed by atoms with Crippen LogP contribution in [0, 0.1) is 11.6 Å². The number of benzene rings is 2. The molecular weight excluding hydrogens is 379 g/mol. The second-order valence-corrected chi connectivity index (χ2v) is 6.42. The van der Waals surface area contributed by atoms with Crippen molar-refractivity contribution in [2.24, 2.45) is 4.99 Å². The lowest BCUT2D eigenvalue weighted by atomic mass is 10.2. The summed E-state index contributed by atoms with van der Waals surface area (Å²) in [6.07, 6.45) is 0. The highest BCUT2D eigenvalue weighted by Gasteiger charge is 2.08. The number of hydrogen-bond acceptors (Lipinski definition) is 3. The van der Waals surface area contributed by atoms with E-state index in [0.717, 1.165) is 23.7 Å². The summed E-state index contributed by atoms with van der Waals surface area (Å²) in [6.45, 7) is 0.0518. The van der Waals surface area contributed by atoms with Crippen molar-refractivity contribution in [3.05, 3.63) is 78.9 Å².